The van der Waals surface area contributed by atoms with Crippen LogP contribution in [0.3, 0.4) is 0 Å². The maximum atomic E-state index is 13.0. The first-order valence-corrected chi connectivity index (χ1v) is 8.69. The third-order valence-electron chi connectivity index (χ3n) is 6.16. The summed E-state index contributed by atoms with van der Waals surface area (Å²) in [7, 11) is 0. The Balaban J connectivity index is 1.53. The molecule has 0 aromatic heterocycles. The van der Waals surface area contributed by atoms with Crippen LogP contribution in [0, 0.1) is 17.8 Å². The number of nitrogens with two attached hydrogens (primary N) is 1. The van der Waals surface area contributed by atoms with Crippen LogP contribution in [0.4, 0.5) is 0 Å². The van der Waals surface area contributed by atoms with Crippen LogP contribution in [-0.4, -0.2) is 34.5 Å². The number of nitrogens with one attached hydrogen (secondary N) is 1. The molecular formula is C18H23N3O3. The monoisotopic (exact) mass is 329 g/mol. The number of rotatable bonds is 2. The lowest BCUT2D eigenvalue weighted by molar-refractivity contribution is -0.138. The molecule has 128 valence electrons. The summed E-state index contributed by atoms with van der Waals surface area (Å²) in [4.78, 5) is 26.5. The largest absolute Gasteiger partial charge is 0.338 e. The molecule has 0 saturated heterocycles. The highest BCUT2D eigenvalue weighted by Gasteiger charge is 2.50. The lowest BCUT2D eigenvalue weighted by atomic mass is 9.83. The van der Waals surface area contributed by atoms with E-state index in [2.05, 4.69) is 0 Å². The molecule has 24 heavy (non-hydrogen) atoms. The Morgan fingerprint density at radius 3 is 2.71 bits per heavy atom. The molecule has 2 saturated carbocycles. The van der Waals surface area contributed by atoms with Crippen molar-refractivity contribution in [2.75, 3.05) is 6.54 Å². The molecule has 0 spiro atoms. The average Bonchev–Trinajstić information content (AvgIpc) is 3.20. The first-order chi connectivity index (χ1) is 11.6. The zero-order valence-electron chi connectivity index (χ0n) is 13.6. The minimum absolute atomic E-state index is 0.00384. The Morgan fingerprint density at radius 2 is 2.00 bits per heavy atom. The van der Waals surface area contributed by atoms with Gasteiger partial charge in [0, 0.05) is 24.7 Å². The number of fused-ring (bicyclic) bond motifs is 3. The van der Waals surface area contributed by atoms with Crippen molar-refractivity contribution in [3.8, 4) is 0 Å². The molecule has 1 aromatic carbocycles. The van der Waals surface area contributed by atoms with Crippen LogP contribution in [0.25, 0.3) is 0 Å². The zero-order chi connectivity index (χ0) is 16.8. The van der Waals surface area contributed by atoms with E-state index in [1.807, 2.05) is 11.0 Å². The predicted octanol–water partition coefficient (Wildman–Crippen LogP) is 1.06. The number of amides is 2. The summed E-state index contributed by atoms with van der Waals surface area (Å²) in [6.45, 7) is 1.22. The molecule has 4 rings (SSSR count). The summed E-state index contributed by atoms with van der Waals surface area (Å²) in [5, 5.41) is 8.79. The molecule has 2 bridgehead atoms. The van der Waals surface area contributed by atoms with Crippen molar-refractivity contribution < 1.29 is 14.8 Å². The van der Waals surface area contributed by atoms with Crippen molar-refractivity contribution in [2.45, 2.75) is 38.3 Å². The summed E-state index contributed by atoms with van der Waals surface area (Å²) in [5.74, 6) is 0.578. The third-order valence-corrected chi connectivity index (χ3v) is 6.16. The molecule has 2 aliphatic carbocycles. The standard InChI is InChI=1S/C18H23N3O3/c19-16-12-3-2-11(7-12)15(16)18(23)21-6-5-10-1-4-13(17(22)20-24)8-14(10)9-21/h1,4,8,11-12,15-16,24H,2-3,5-7,9,19H2,(H,20,22). The fourth-order valence-corrected chi connectivity index (χ4v) is 4.86. The maximum Gasteiger partial charge on any atom is 0.274 e. The van der Waals surface area contributed by atoms with Gasteiger partial charge in [-0.2, -0.15) is 0 Å². The fraction of sp³-hybridized carbons (Fsp3) is 0.556. The van der Waals surface area contributed by atoms with E-state index in [1.54, 1.807) is 17.6 Å². The Morgan fingerprint density at radius 1 is 1.21 bits per heavy atom. The van der Waals surface area contributed by atoms with Crippen molar-refractivity contribution >= 4 is 11.8 Å². The quantitative estimate of drug-likeness (QED) is 0.558. The predicted molar refractivity (Wildman–Crippen MR) is 87.1 cm³/mol. The highest BCUT2D eigenvalue weighted by atomic mass is 16.5. The molecule has 1 aromatic rings. The summed E-state index contributed by atoms with van der Waals surface area (Å²) < 4.78 is 0. The highest BCUT2D eigenvalue weighted by molar-refractivity contribution is 5.93. The van der Waals surface area contributed by atoms with Crippen LogP contribution in [-0.2, 0) is 17.8 Å². The molecule has 1 heterocycles. The summed E-state index contributed by atoms with van der Waals surface area (Å²) in [6.07, 6.45) is 4.18. The molecule has 6 heteroatoms. The van der Waals surface area contributed by atoms with Crippen molar-refractivity contribution in [1.82, 2.24) is 10.4 Å². The van der Waals surface area contributed by atoms with Crippen molar-refractivity contribution in [1.29, 1.82) is 0 Å². The van der Waals surface area contributed by atoms with E-state index >= 15 is 0 Å². The topological polar surface area (TPSA) is 95.7 Å². The number of carbonyl (C=O) groups is 2. The average molecular weight is 329 g/mol. The van der Waals surface area contributed by atoms with Crippen molar-refractivity contribution in [3.63, 3.8) is 0 Å². The molecular weight excluding hydrogens is 306 g/mol. The number of hydroxylamine groups is 1. The zero-order valence-corrected chi connectivity index (χ0v) is 13.6. The number of hydrogen-bond acceptors (Lipinski definition) is 4. The Bertz CT molecular complexity index is 688. The van der Waals surface area contributed by atoms with E-state index in [1.165, 1.54) is 0 Å². The Kier molecular flexibility index (Phi) is 3.81. The summed E-state index contributed by atoms with van der Waals surface area (Å²) in [5.41, 5.74) is 10.5. The molecule has 1 aliphatic heterocycles. The van der Waals surface area contributed by atoms with E-state index in [0.717, 1.165) is 36.8 Å². The van der Waals surface area contributed by atoms with E-state index < -0.39 is 5.91 Å². The molecule has 3 aliphatic rings. The van der Waals surface area contributed by atoms with Crippen molar-refractivity contribution in [3.05, 3.63) is 34.9 Å². The van der Waals surface area contributed by atoms with Gasteiger partial charge in [-0.25, -0.2) is 5.48 Å². The maximum absolute atomic E-state index is 13.0. The second-order valence-electron chi connectivity index (χ2n) is 7.37. The number of hydrogen-bond donors (Lipinski definition) is 3. The van der Waals surface area contributed by atoms with Gasteiger partial charge < -0.3 is 10.6 Å². The van der Waals surface area contributed by atoms with Crippen LogP contribution in [0.1, 0.15) is 40.7 Å². The fourth-order valence-electron chi connectivity index (χ4n) is 4.86. The van der Waals surface area contributed by atoms with Crippen LogP contribution in [0.15, 0.2) is 18.2 Å². The molecule has 2 amide bonds. The molecule has 4 atom stereocenters. The minimum Gasteiger partial charge on any atom is -0.338 e. The molecule has 6 nitrogen and oxygen atoms in total. The lowest BCUT2D eigenvalue weighted by Crippen LogP contribution is -2.48. The van der Waals surface area contributed by atoms with Gasteiger partial charge >= 0.3 is 0 Å². The van der Waals surface area contributed by atoms with Crippen LogP contribution < -0.4 is 11.2 Å². The second-order valence-corrected chi connectivity index (χ2v) is 7.37. The summed E-state index contributed by atoms with van der Waals surface area (Å²) >= 11 is 0. The van der Waals surface area contributed by atoms with E-state index in [-0.39, 0.29) is 17.9 Å². The highest BCUT2D eigenvalue weighted by Crippen LogP contribution is 2.48. The van der Waals surface area contributed by atoms with Gasteiger partial charge in [0.15, 0.2) is 0 Å². The lowest BCUT2D eigenvalue weighted by Gasteiger charge is -2.35. The van der Waals surface area contributed by atoms with Gasteiger partial charge in [0.1, 0.15) is 0 Å². The Labute approximate surface area is 141 Å². The number of nitrogens with zero attached hydrogens (tertiary/aromatic N) is 1. The smallest absolute Gasteiger partial charge is 0.274 e. The van der Waals surface area contributed by atoms with Gasteiger partial charge in [-0.1, -0.05) is 6.07 Å². The van der Waals surface area contributed by atoms with E-state index in [4.69, 9.17) is 10.9 Å². The van der Waals surface area contributed by atoms with Gasteiger partial charge in [-0.3, -0.25) is 14.8 Å². The normalized spacial score (nSPS) is 31.0. The SMILES string of the molecule is NC1C2CCC(C2)C1C(=O)N1CCc2ccc(C(=O)NO)cc2C1. The van der Waals surface area contributed by atoms with Gasteiger partial charge in [0.05, 0.1) is 5.92 Å². The Hall–Kier alpha value is -1.92. The van der Waals surface area contributed by atoms with Crippen LogP contribution in [0.5, 0.6) is 0 Å². The summed E-state index contributed by atoms with van der Waals surface area (Å²) in [6, 6.07) is 5.38. The van der Waals surface area contributed by atoms with Gasteiger partial charge in [0.2, 0.25) is 5.91 Å². The third kappa shape index (κ3) is 2.41. The number of carbonyl (C=O) groups excluding carboxylic acids is 2. The van der Waals surface area contributed by atoms with E-state index in [9.17, 15) is 9.59 Å². The van der Waals surface area contributed by atoms with Crippen LogP contribution >= 0.6 is 0 Å². The van der Waals surface area contributed by atoms with Gasteiger partial charge in [-0.15, -0.1) is 0 Å². The first-order valence-electron chi connectivity index (χ1n) is 8.69. The minimum atomic E-state index is -0.531. The van der Waals surface area contributed by atoms with Crippen LogP contribution in [0.2, 0.25) is 0 Å². The molecule has 0 radical (unpaired) electrons. The van der Waals surface area contributed by atoms with E-state index in [0.29, 0.717) is 30.5 Å². The van der Waals surface area contributed by atoms with Gasteiger partial charge in [0.25, 0.3) is 5.91 Å². The van der Waals surface area contributed by atoms with Crippen molar-refractivity contribution in [2.24, 2.45) is 23.5 Å². The molecule has 4 unspecified atom stereocenters. The van der Waals surface area contributed by atoms with Gasteiger partial charge in [-0.05, 0) is 60.8 Å². The number of benzene rings is 1. The second kappa shape index (κ2) is 5.86. The first kappa shape index (κ1) is 15.6. The molecule has 2 fully saturated rings. The molecule has 4 N–H and O–H groups in total.